The standard InChI is InChI=1S/C13H24N4O/c1-4-17-5-6-18-12(9-17)13-15-8-11(16-13)7-14-10(2)3/h8,10,12,14H,4-7,9H2,1-3H3,(H,15,16). The van der Waals surface area contributed by atoms with Crippen LogP contribution in [0, 0.1) is 0 Å². The molecule has 0 amide bonds. The van der Waals surface area contributed by atoms with Gasteiger partial charge in [-0.1, -0.05) is 20.8 Å². The summed E-state index contributed by atoms with van der Waals surface area (Å²) in [5.74, 6) is 0.953. The first-order valence-electron chi connectivity index (χ1n) is 6.80. The minimum Gasteiger partial charge on any atom is -0.368 e. The first-order chi connectivity index (χ1) is 8.69. The Labute approximate surface area is 109 Å². The lowest BCUT2D eigenvalue weighted by Gasteiger charge is -2.30. The van der Waals surface area contributed by atoms with Gasteiger partial charge in [-0.15, -0.1) is 0 Å². The molecule has 0 aromatic carbocycles. The number of nitrogens with one attached hydrogen (secondary N) is 2. The number of imidazole rings is 1. The van der Waals surface area contributed by atoms with Gasteiger partial charge in [0.25, 0.3) is 0 Å². The monoisotopic (exact) mass is 252 g/mol. The molecular formula is C13H24N4O. The van der Waals surface area contributed by atoms with Gasteiger partial charge in [-0.25, -0.2) is 4.98 Å². The van der Waals surface area contributed by atoms with E-state index < -0.39 is 0 Å². The summed E-state index contributed by atoms with van der Waals surface area (Å²) in [6.07, 6.45) is 1.99. The smallest absolute Gasteiger partial charge is 0.136 e. The third kappa shape index (κ3) is 3.54. The van der Waals surface area contributed by atoms with E-state index in [1.165, 1.54) is 0 Å². The van der Waals surface area contributed by atoms with Crippen LogP contribution in [0.15, 0.2) is 6.20 Å². The molecule has 0 spiro atoms. The molecule has 102 valence electrons. The molecule has 2 rings (SSSR count). The van der Waals surface area contributed by atoms with Crippen molar-refractivity contribution in [1.29, 1.82) is 0 Å². The van der Waals surface area contributed by atoms with E-state index in [-0.39, 0.29) is 6.10 Å². The van der Waals surface area contributed by atoms with Gasteiger partial charge in [0.05, 0.1) is 6.61 Å². The van der Waals surface area contributed by atoms with E-state index >= 15 is 0 Å². The van der Waals surface area contributed by atoms with E-state index in [1.54, 1.807) is 0 Å². The molecule has 0 saturated carbocycles. The summed E-state index contributed by atoms with van der Waals surface area (Å²) >= 11 is 0. The molecular weight excluding hydrogens is 228 g/mol. The number of nitrogens with zero attached hydrogens (tertiary/aromatic N) is 2. The SMILES string of the molecule is CCN1CCOC(c2ncc(CNC(C)C)[nH]2)C1. The number of likely N-dealkylation sites (N-methyl/N-ethyl adjacent to an activating group) is 1. The van der Waals surface area contributed by atoms with Crippen molar-refractivity contribution in [2.24, 2.45) is 0 Å². The van der Waals surface area contributed by atoms with Gasteiger partial charge in [-0.3, -0.25) is 4.90 Å². The maximum Gasteiger partial charge on any atom is 0.136 e. The van der Waals surface area contributed by atoms with E-state index in [4.69, 9.17) is 4.74 Å². The van der Waals surface area contributed by atoms with Gasteiger partial charge in [0.2, 0.25) is 0 Å². The fourth-order valence-corrected chi connectivity index (χ4v) is 2.10. The number of morpholine rings is 1. The highest BCUT2D eigenvalue weighted by molar-refractivity contribution is 5.04. The van der Waals surface area contributed by atoms with Crippen molar-refractivity contribution in [3.8, 4) is 0 Å². The van der Waals surface area contributed by atoms with Crippen LogP contribution < -0.4 is 5.32 Å². The highest BCUT2D eigenvalue weighted by atomic mass is 16.5. The molecule has 1 fully saturated rings. The molecule has 18 heavy (non-hydrogen) atoms. The molecule has 1 unspecified atom stereocenters. The number of rotatable bonds is 5. The van der Waals surface area contributed by atoms with E-state index in [0.29, 0.717) is 6.04 Å². The van der Waals surface area contributed by atoms with Crippen LogP contribution in [0.25, 0.3) is 0 Å². The number of H-pyrrole nitrogens is 1. The minimum atomic E-state index is 0.0894. The summed E-state index contributed by atoms with van der Waals surface area (Å²) in [6.45, 7) is 11.1. The lowest BCUT2D eigenvalue weighted by atomic mass is 10.2. The normalized spacial score (nSPS) is 21.7. The van der Waals surface area contributed by atoms with Gasteiger partial charge in [-0.05, 0) is 6.54 Å². The topological polar surface area (TPSA) is 53.2 Å². The zero-order chi connectivity index (χ0) is 13.0. The van der Waals surface area contributed by atoms with Gasteiger partial charge in [0, 0.05) is 37.6 Å². The second kappa shape index (κ2) is 6.31. The van der Waals surface area contributed by atoms with Crippen molar-refractivity contribution < 1.29 is 4.74 Å². The molecule has 1 aliphatic rings. The molecule has 1 aromatic rings. The van der Waals surface area contributed by atoms with Gasteiger partial charge >= 0.3 is 0 Å². The molecule has 0 aliphatic carbocycles. The summed E-state index contributed by atoms with van der Waals surface area (Å²) in [5.41, 5.74) is 1.12. The van der Waals surface area contributed by atoms with Crippen LogP contribution >= 0.6 is 0 Å². The average molecular weight is 252 g/mol. The van der Waals surface area contributed by atoms with Crippen LogP contribution in [0.4, 0.5) is 0 Å². The zero-order valence-electron chi connectivity index (χ0n) is 11.6. The number of hydrogen-bond acceptors (Lipinski definition) is 4. The van der Waals surface area contributed by atoms with Crippen LogP contribution in [0.5, 0.6) is 0 Å². The fourth-order valence-electron chi connectivity index (χ4n) is 2.10. The molecule has 1 atom stereocenters. The highest BCUT2D eigenvalue weighted by Crippen LogP contribution is 2.19. The summed E-state index contributed by atoms with van der Waals surface area (Å²) in [6, 6.07) is 0.485. The van der Waals surface area contributed by atoms with Crippen molar-refractivity contribution >= 4 is 0 Å². The summed E-state index contributed by atoms with van der Waals surface area (Å²) in [7, 11) is 0. The van der Waals surface area contributed by atoms with E-state index in [1.807, 2.05) is 6.20 Å². The summed E-state index contributed by atoms with van der Waals surface area (Å²) in [4.78, 5) is 10.2. The van der Waals surface area contributed by atoms with Gasteiger partial charge in [0.15, 0.2) is 0 Å². The van der Waals surface area contributed by atoms with Crippen molar-refractivity contribution in [3.05, 3.63) is 17.7 Å². The predicted octanol–water partition coefficient (Wildman–Crippen LogP) is 1.30. The second-order valence-corrected chi connectivity index (χ2v) is 5.08. The second-order valence-electron chi connectivity index (χ2n) is 5.08. The van der Waals surface area contributed by atoms with Gasteiger partial charge in [-0.2, -0.15) is 0 Å². The quantitative estimate of drug-likeness (QED) is 0.829. The van der Waals surface area contributed by atoms with Crippen LogP contribution in [-0.4, -0.2) is 47.2 Å². The maximum atomic E-state index is 5.78. The van der Waals surface area contributed by atoms with Crippen LogP contribution in [-0.2, 0) is 11.3 Å². The van der Waals surface area contributed by atoms with Crippen molar-refractivity contribution in [3.63, 3.8) is 0 Å². The summed E-state index contributed by atoms with van der Waals surface area (Å²) in [5, 5.41) is 3.38. The van der Waals surface area contributed by atoms with Crippen LogP contribution in [0.1, 0.15) is 38.4 Å². The number of hydrogen-bond donors (Lipinski definition) is 2. The number of aromatic nitrogens is 2. The van der Waals surface area contributed by atoms with E-state index in [2.05, 4.69) is 41.0 Å². The third-order valence-corrected chi connectivity index (χ3v) is 3.25. The lowest BCUT2D eigenvalue weighted by Crippen LogP contribution is -2.38. The van der Waals surface area contributed by atoms with E-state index in [0.717, 1.165) is 44.3 Å². The molecule has 5 heteroatoms. The first-order valence-corrected chi connectivity index (χ1v) is 6.80. The molecule has 2 heterocycles. The van der Waals surface area contributed by atoms with Gasteiger partial charge < -0.3 is 15.0 Å². The molecule has 0 radical (unpaired) electrons. The van der Waals surface area contributed by atoms with Crippen molar-refractivity contribution in [2.75, 3.05) is 26.2 Å². The Bertz CT molecular complexity index is 364. The molecule has 1 aromatic heterocycles. The highest BCUT2D eigenvalue weighted by Gasteiger charge is 2.23. The molecule has 0 bridgehead atoms. The number of ether oxygens (including phenoxy) is 1. The summed E-state index contributed by atoms with van der Waals surface area (Å²) < 4.78 is 5.78. The Kier molecular flexibility index (Phi) is 4.74. The number of aromatic amines is 1. The Morgan fingerprint density at radius 2 is 2.44 bits per heavy atom. The first kappa shape index (κ1) is 13.5. The molecule has 1 saturated heterocycles. The molecule has 1 aliphatic heterocycles. The Morgan fingerprint density at radius 1 is 1.61 bits per heavy atom. The van der Waals surface area contributed by atoms with E-state index in [9.17, 15) is 0 Å². The molecule has 2 N–H and O–H groups in total. The minimum absolute atomic E-state index is 0.0894. The predicted molar refractivity (Wildman–Crippen MR) is 71.4 cm³/mol. The molecule has 5 nitrogen and oxygen atoms in total. The van der Waals surface area contributed by atoms with Gasteiger partial charge in [0.1, 0.15) is 11.9 Å². The van der Waals surface area contributed by atoms with Crippen molar-refractivity contribution in [2.45, 2.75) is 39.5 Å². The Morgan fingerprint density at radius 3 is 3.17 bits per heavy atom. The van der Waals surface area contributed by atoms with Crippen LogP contribution in [0.3, 0.4) is 0 Å². The van der Waals surface area contributed by atoms with Crippen molar-refractivity contribution in [1.82, 2.24) is 20.2 Å². The Balaban J connectivity index is 1.92. The fraction of sp³-hybridized carbons (Fsp3) is 0.769. The largest absolute Gasteiger partial charge is 0.368 e. The Hall–Kier alpha value is -0.910. The lowest BCUT2D eigenvalue weighted by molar-refractivity contribution is -0.0322. The maximum absolute atomic E-state index is 5.78. The average Bonchev–Trinajstić information content (AvgIpc) is 2.85. The zero-order valence-corrected chi connectivity index (χ0v) is 11.6. The third-order valence-electron chi connectivity index (χ3n) is 3.25. The van der Waals surface area contributed by atoms with Crippen LogP contribution in [0.2, 0.25) is 0 Å².